The van der Waals surface area contributed by atoms with E-state index in [-0.39, 0.29) is 67.3 Å². The number of hydrogen-bond donors (Lipinski definition) is 1. The molecule has 2 aromatic heterocycles. The lowest BCUT2D eigenvalue weighted by Gasteiger charge is -2.26. The van der Waals surface area contributed by atoms with Gasteiger partial charge in [-0.15, -0.1) is 0 Å². The van der Waals surface area contributed by atoms with Crippen LogP contribution in [-0.2, 0) is 18.9 Å². The van der Waals surface area contributed by atoms with Gasteiger partial charge in [-0.3, -0.25) is 9.59 Å². The second kappa shape index (κ2) is 18.9. The molecule has 52 heavy (non-hydrogen) atoms. The summed E-state index contributed by atoms with van der Waals surface area (Å²) in [5, 5.41) is 10.1. The molecule has 2 aromatic carbocycles. The first-order valence-electron chi connectivity index (χ1n) is 16.3. The minimum Gasteiger partial charge on any atom is -0.462 e. The highest BCUT2D eigenvalue weighted by Crippen LogP contribution is 2.28. The van der Waals surface area contributed by atoms with Gasteiger partial charge in [-0.25, -0.2) is 23.2 Å². The maximum Gasteiger partial charge on any atom is 0.508 e. The number of nitrogens with zero attached hydrogens (tertiary/aromatic N) is 2. The molecule has 4 rings (SSSR count). The Morgan fingerprint density at radius 3 is 1.48 bits per heavy atom. The van der Waals surface area contributed by atoms with Gasteiger partial charge < -0.3 is 33.2 Å². The van der Waals surface area contributed by atoms with Crippen LogP contribution in [-0.4, -0.2) is 65.9 Å². The van der Waals surface area contributed by atoms with E-state index < -0.39 is 52.7 Å². The molecule has 0 aliphatic carbocycles. The zero-order valence-corrected chi connectivity index (χ0v) is 33.9. The van der Waals surface area contributed by atoms with E-state index in [1.807, 2.05) is 27.7 Å². The van der Waals surface area contributed by atoms with Crippen LogP contribution in [0.2, 0.25) is 0 Å². The third kappa shape index (κ3) is 9.66. The van der Waals surface area contributed by atoms with E-state index in [0.717, 1.165) is 0 Å². The Labute approximate surface area is 325 Å². The van der Waals surface area contributed by atoms with Crippen molar-refractivity contribution in [1.82, 2.24) is 9.13 Å². The summed E-state index contributed by atoms with van der Waals surface area (Å²) >= 11 is 3.58. The molecule has 0 spiro atoms. The number of hydrogen-bond acceptors (Lipinski definition) is 10. The molecular formula is C36H40F2I2N2O10. The number of esters is 2. The second-order valence-corrected chi connectivity index (χ2v) is 14.5. The van der Waals surface area contributed by atoms with Crippen LogP contribution in [0.15, 0.2) is 46.2 Å². The van der Waals surface area contributed by atoms with Crippen molar-refractivity contribution >= 4 is 85.1 Å². The number of aliphatic hydroxyl groups excluding tert-OH is 1. The van der Waals surface area contributed by atoms with E-state index in [0.29, 0.717) is 11.0 Å². The lowest BCUT2D eigenvalue weighted by molar-refractivity contribution is 0.0508. The average Bonchev–Trinajstić information content (AvgIpc) is 3.08. The number of pyridine rings is 2. The van der Waals surface area contributed by atoms with Gasteiger partial charge >= 0.3 is 18.1 Å². The minimum atomic E-state index is -0.859. The average molecular weight is 953 g/mol. The highest BCUT2D eigenvalue weighted by Gasteiger charge is 2.26. The quantitative estimate of drug-likeness (QED) is 0.0945. The van der Waals surface area contributed by atoms with Gasteiger partial charge in [-0.1, -0.05) is 27.7 Å². The summed E-state index contributed by atoms with van der Waals surface area (Å²) in [5.41, 5.74) is -0.690. The lowest BCUT2D eigenvalue weighted by Crippen LogP contribution is -2.28. The number of aromatic nitrogens is 2. The molecule has 1 N–H and O–H groups in total. The number of aliphatic hydroxyl groups is 1. The largest absolute Gasteiger partial charge is 0.508 e. The van der Waals surface area contributed by atoms with Crippen molar-refractivity contribution in [2.45, 2.75) is 53.6 Å². The van der Waals surface area contributed by atoms with Gasteiger partial charge in [-0.05, 0) is 95.1 Å². The molecular weight excluding hydrogens is 912 g/mol. The van der Waals surface area contributed by atoms with Crippen molar-refractivity contribution in [1.29, 1.82) is 0 Å². The van der Waals surface area contributed by atoms with E-state index >= 15 is 0 Å². The van der Waals surface area contributed by atoms with Gasteiger partial charge in [0.2, 0.25) is 10.9 Å². The molecule has 2 heterocycles. The van der Waals surface area contributed by atoms with E-state index in [9.17, 15) is 37.9 Å². The van der Waals surface area contributed by atoms with E-state index in [1.165, 1.54) is 43.8 Å². The Kier molecular flexibility index (Phi) is 15.5. The Balaban J connectivity index is 0.000000284. The Morgan fingerprint density at radius 1 is 0.731 bits per heavy atom. The van der Waals surface area contributed by atoms with E-state index in [1.54, 1.807) is 68.2 Å². The summed E-state index contributed by atoms with van der Waals surface area (Å²) in [4.78, 5) is 61.3. The number of methoxy groups -OCH3 is 1. The first kappa shape index (κ1) is 42.8. The summed E-state index contributed by atoms with van der Waals surface area (Å²) in [6.07, 6.45) is 1.83. The van der Waals surface area contributed by atoms with Crippen molar-refractivity contribution in [2.75, 3.05) is 33.5 Å². The molecule has 0 bridgehead atoms. The molecule has 0 fully saturated rings. The Morgan fingerprint density at radius 2 is 1.13 bits per heavy atom. The number of carbonyl (C=O) groups is 3. The summed E-state index contributed by atoms with van der Waals surface area (Å²) in [7, 11) is 1.19. The van der Waals surface area contributed by atoms with Crippen molar-refractivity contribution < 1.29 is 47.2 Å². The summed E-state index contributed by atoms with van der Waals surface area (Å²) in [5.74, 6) is -2.51. The molecule has 282 valence electrons. The summed E-state index contributed by atoms with van der Waals surface area (Å²) in [6, 6.07) is 4.43. The zero-order chi connectivity index (χ0) is 39.0. The van der Waals surface area contributed by atoms with Crippen LogP contribution in [0.4, 0.5) is 13.6 Å². The van der Waals surface area contributed by atoms with Crippen molar-refractivity contribution in [2.24, 2.45) is 11.8 Å². The fraction of sp³-hybridized carbons (Fsp3) is 0.417. The van der Waals surface area contributed by atoms with Crippen molar-refractivity contribution in [3.63, 3.8) is 0 Å². The Hall–Kier alpha value is -3.65. The SMILES string of the molecule is CCOC(=O)c1cn([C@H](CO)C(C)C)c2cc(F)c(I)cc2c1=O.CCOC(=O)c1cn([C@H](COC(=O)OC)C(C)C)c2cc(F)c(I)cc2c1=O. The first-order valence-corrected chi connectivity index (χ1v) is 18.4. The molecule has 0 unspecified atom stereocenters. The molecule has 16 heteroatoms. The molecule has 12 nitrogen and oxygen atoms in total. The van der Waals surface area contributed by atoms with Crippen LogP contribution in [0.3, 0.4) is 0 Å². The van der Waals surface area contributed by atoms with E-state index in [2.05, 4.69) is 4.74 Å². The third-order valence-corrected chi connectivity index (χ3v) is 9.77. The number of carbonyl (C=O) groups excluding carboxylic acids is 3. The van der Waals surface area contributed by atoms with Gasteiger partial charge in [0.05, 0.1) is 50.0 Å². The van der Waals surface area contributed by atoms with Crippen LogP contribution in [0, 0.1) is 30.6 Å². The topological polar surface area (TPSA) is 152 Å². The van der Waals surface area contributed by atoms with Gasteiger partial charge in [0.15, 0.2) is 0 Å². The maximum absolute atomic E-state index is 14.3. The van der Waals surface area contributed by atoms with Gasteiger partial charge in [-0.2, -0.15) is 0 Å². The maximum atomic E-state index is 14.3. The number of benzene rings is 2. The predicted molar refractivity (Wildman–Crippen MR) is 207 cm³/mol. The van der Waals surface area contributed by atoms with E-state index in [4.69, 9.17) is 14.2 Å². The van der Waals surface area contributed by atoms with Crippen LogP contribution in [0.1, 0.15) is 74.3 Å². The third-order valence-electron chi connectivity index (χ3n) is 8.12. The lowest BCUT2D eigenvalue weighted by atomic mass is 10.0. The van der Waals surface area contributed by atoms with Gasteiger partial charge in [0.1, 0.15) is 29.4 Å². The molecule has 0 saturated carbocycles. The number of rotatable bonds is 11. The molecule has 0 saturated heterocycles. The van der Waals surface area contributed by atoms with Crippen molar-refractivity contribution in [3.05, 3.63) is 87.0 Å². The summed E-state index contributed by atoms with van der Waals surface area (Å²) in [6.45, 7) is 10.8. The number of ether oxygens (including phenoxy) is 4. The minimum absolute atomic E-state index is 0.0121. The molecule has 0 aliphatic rings. The molecule has 0 radical (unpaired) electrons. The van der Waals surface area contributed by atoms with Gasteiger partial charge in [0.25, 0.3) is 0 Å². The molecule has 0 amide bonds. The fourth-order valence-electron chi connectivity index (χ4n) is 5.37. The fourth-order valence-corrected chi connectivity index (χ4v) is 6.31. The molecule has 4 aromatic rings. The molecule has 0 aliphatic heterocycles. The van der Waals surface area contributed by atoms with Crippen LogP contribution in [0.5, 0.6) is 0 Å². The monoisotopic (exact) mass is 952 g/mol. The zero-order valence-electron chi connectivity index (χ0n) is 29.6. The van der Waals surface area contributed by atoms with Crippen LogP contribution < -0.4 is 10.9 Å². The van der Waals surface area contributed by atoms with Crippen LogP contribution in [0.25, 0.3) is 21.8 Å². The second-order valence-electron chi connectivity index (χ2n) is 12.1. The molecule has 2 atom stereocenters. The normalized spacial score (nSPS) is 12.3. The first-order chi connectivity index (χ1) is 24.5. The summed E-state index contributed by atoms with van der Waals surface area (Å²) < 4.78 is 51.5. The predicted octanol–water partition coefficient (Wildman–Crippen LogP) is 7.01. The van der Waals surface area contributed by atoms with Gasteiger partial charge in [0, 0.05) is 30.3 Å². The highest BCUT2D eigenvalue weighted by atomic mass is 127. The number of halogens is 4. The van der Waals surface area contributed by atoms with Crippen molar-refractivity contribution in [3.8, 4) is 0 Å². The number of fused-ring (bicyclic) bond motifs is 2. The highest BCUT2D eigenvalue weighted by molar-refractivity contribution is 14.1. The Bertz CT molecular complexity index is 2080. The smallest absolute Gasteiger partial charge is 0.462 e. The van der Waals surface area contributed by atoms with Crippen LogP contribution >= 0.6 is 45.2 Å². The standard InChI is InChI=1S/C19H21FINO6.C17H19FINO4/c1-5-27-18(24)12-8-22(16(10(2)3)9-28-19(25)26-4)15-7-13(20)14(21)6-11(15)17(12)23;1-4-24-17(23)11-7-20(15(8-21)9(2)3)14-6-12(18)13(19)5-10(14)16(11)22/h6-8,10,16H,5,9H2,1-4H3;5-7,9,15,21H,4,8H2,1-3H3/t16-;15-/m11/s1.